The number of hydrogen-bond donors (Lipinski definition) is 1. The Balaban J connectivity index is 2.17. The minimum Gasteiger partial charge on any atom is -0.455 e. The number of anilines is 1. The van der Waals surface area contributed by atoms with Gasteiger partial charge in [-0.3, -0.25) is 0 Å². The molecular weight excluding hydrogens is 158 g/mol. The lowest BCUT2D eigenvalue weighted by Crippen LogP contribution is -2.39. The fourth-order valence-electron chi connectivity index (χ4n) is 0.773. The molecule has 2 rings (SSSR count). The van der Waals surface area contributed by atoms with Crippen molar-refractivity contribution in [2.24, 2.45) is 0 Å². The second-order valence-electron chi connectivity index (χ2n) is 2.41. The number of hydrogen-bond acceptors (Lipinski definition) is 5. The third-order valence-corrected chi connectivity index (χ3v) is 1.43. The zero-order valence-corrected chi connectivity index (χ0v) is 6.28. The lowest BCUT2D eigenvalue weighted by molar-refractivity contribution is -0.0830. The van der Waals surface area contributed by atoms with Gasteiger partial charge >= 0.3 is 6.01 Å². The van der Waals surface area contributed by atoms with Gasteiger partial charge in [-0.1, -0.05) is 0 Å². The molecule has 1 aliphatic rings. The zero-order valence-electron chi connectivity index (χ0n) is 8.28. The Morgan fingerprint density at radius 1 is 1.75 bits per heavy atom. The smallest absolute Gasteiger partial charge is 0.318 e. The van der Waals surface area contributed by atoms with Gasteiger partial charge in [0.25, 0.3) is 0 Å². The first-order chi connectivity index (χ1) is 6.66. The van der Waals surface area contributed by atoms with Crippen LogP contribution in [-0.4, -0.2) is 29.3 Å². The molecule has 1 aromatic heterocycles. The fourth-order valence-corrected chi connectivity index (χ4v) is 0.773. The molecule has 0 aromatic carbocycles. The minimum absolute atomic E-state index is 0.0387. The van der Waals surface area contributed by atoms with E-state index in [0.717, 1.165) is 0 Å². The Labute approximate surface area is 72.3 Å². The molecule has 5 heteroatoms. The number of nitrogen functional groups attached to an aromatic ring is 1. The second-order valence-corrected chi connectivity index (χ2v) is 2.41. The molecule has 1 fully saturated rings. The lowest BCUT2D eigenvalue weighted by Gasteiger charge is -2.25. The van der Waals surface area contributed by atoms with Crippen LogP contribution in [0.1, 0.15) is 2.74 Å². The van der Waals surface area contributed by atoms with E-state index in [1.807, 2.05) is 0 Å². The van der Waals surface area contributed by atoms with Gasteiger partial charge in [-0.05, 0) is 6.04 Å². The Morgan fingerprint density at radius 2 is 2.58 bits per heavy atom. The Morgan fingerprint density at radius 3 is 3.17 bits per heavy atom. The molecule has 0 saturated carbocycles. The molecule has 0 radical (unpaired) electrons. The van der Waals surface area contributed by atoms with Gasteiger partial charge < -0.3 is 15.2 Å². The molecule has 0 unspecified atom stereocenters. The monoisotopic (exact) mass is 169 g/mol. The summed E-state index contributed by atoms with van der Waals surface area (Å²) in [6, 6.07) is -0.140. The molecular formula is C7H9N3O2. The van der Waals surface area contributed by atoms with Gasteiger partial charge in [-0.25, -0.2) is 4.98 Å². The minimum atomic E-state index is -0.229. The summed E-state index contributed by atoms with van der Waals surface area (Å²) < 4.78 is 24.7. The van der Waals surface area contributed by atoms with Gasteiger partial charge in [-0.15, -0.1) is 0 Å². The molecule has 2 N–H and O–H groups in total. The molecule has 0 spiro atoms. The molecule has 0 atom stereocenters. The highest BCUT2D eigenvalue weighted by atomic mass is 16.6. The highest BCUT2D eigenvalue weighted by Gasteiger charge is 2.20. The summed E-state index contributed by atoms with van der Waals surface area (Å²) in [4.78, 5) is 7.40. The Hall–Kier alpha value is -1.36. The molecule has 5 nitrogen and oxygen atoms in total. The summed E-state index contributed by atoms with van der Waals surface area (Å²) in [6.07, 6.45) is -0.293. The number of nitrogens with zero attached hydrogens (tertiary/aromatic N) is 2. The molecule has 2 heterocycles. The van der Waals surface area contributed by atoms with Crippen LogP contribution in [0.15, 0.2) is 12.2 Å². The molecule has 0 aliphatic carbocycles. The predicted molar refractivity (Wildman–Crippen MR) is 41.7 cm³/mol. The van der Waals surface area contributed by atoms with E-state index in [4.69, 9.17) is 17.9 Å². The maximum Gasteiger partial charge on any atom is 0.318 e. The summed E-state index contributed by atoms with van der Waals surface area (Å²) in [5.74, 6) is -0.0414. The summed E-state index contributed by atoms with van der Waals surface area (Å²) in [5, 5.41) is 0. The molecule has 1 aliphatic heterocycles. The van der Waals surface area contributed by atoms with Crippen LogP contribution in [-0.2, 0) is 4.74 Å². The fraction of sp³-hybridized carbons (Fsp3) is 0.429. The van der Waals surface area contributed by atoms with E-state index >= 15 is 0 Å². The topological polar surface area (TPSA) is 70.3 Å². The Kier molecular flexibility index (Phi) is 1.30. The van der Waals surface area contributed by atoms with Gasteiger partial charge in [0.15, 0.2) is 0 Å². The van der Waals surface area contributed by atoms with E-state index in [1.54, 1.807) is 0 Å². The number of ether oxygens (including phenoxy) is 2. The van der Waals surface area contributed by atoms with Crippen molar-refractivity contribution < 1.29 is 12.2 Å². The lowest BCUT2D eigenvalue weighted by atomic mass is 10.3. The van der Waals surface area contributed by atoms with Crippen LogP contribution in [0.2, 0.25) is 0 Å². The normalized spacial score (nSPS) is 19.3. The largest absolute Gasteiger partial charge is 0.455 e. The van der Waals surface area contributed by atoms with Crippen molar-refractivity contribution in [3.63, 3.8) is 0 Å². The van der Waals surface area contributed by atoms with Crippen molar-refractivity contribution in [2.75, 3.05) is 18.9 Å². The molecule has 1 aromatic rings. The van der Waals surface area contributed by atoms with Crippen LogP contribution in [0.5, 0.6) is 6.01 Å². The van der Waals surface area contributed by atoms with Crippen LogP contribution < -0.4 is 10.5 Å². The SMILES string of the molecule is [2H]c1nc(OC2COC2)nc(N)c1[2H]. The van der Waals surface area contributed by atoms with Crippen LogP contribution in [0.3, 0.4) is 0 Å². The molecule has 12 heavy (non-hydrogen) atoms. The van der Waals surface area contributed by atoms with Crippen molar-refractivity contribution in [1.82, 2.24) is 9.97 Å². The Bertz CT molecular complexity index is 334. The van der Waals surface area contributed by atoms with Crippen LogP contribution in [0, 0.1) is 0 Å². The first-order valence-electron chi connectivity index (χ1n) is 4.52. The van der Waals surface area contributed by atoms with Gasteiger partial charge in [-0.2, -0.15) is 4.98 Å². The zero-order chi connectivity index (χ0) is 10.1. The first kappa shape index (κ1) is 5.31. The van der Waals surface area contributed by atoms with Crippen molar-refractivity contribution in [3.05, 3.63) is 12.2 Å². The number of rotatable bonds is 2. The van der Waals surface area contributed by atoms with E-state index in [-0.39, 0.29) is 30.1 Å². The van der Waals surface area contributed by atoms with Crippen LogP contribution in [0.25, 0.3) is 0 Å². The third kappa shape index (κ3) is 1.45. The molecule has 64 valence electrons. The van der Waals surface area contributed by atoms with Crippen molar-refractivity contribution in [2.45, 2.75) is 6.10 Å². The maximum atomic E-state index is 7.29. The van der Waals surface area contributed by atoms with Crippen molar-refractivity contribution in [3.8, 4) is 6.01 Å². The average molecular weight is 169 g/mol. The van der Waals surface area contributed by atoms with Gasteiger partial charge in [0.1, 0.15) is 11.9 Å². The van der Waals surface area contributed by atoms with Crippen molar-refractivity contribution in [1.29, 1.82) is 0 Å². The van der Waals surface area contributed by atoms with Gasteiger partial charge in [0, 0.05) is 6.17 Å². The van der Waals surface area contributed by atoms with Gasteiger partial charge in [0.05, 0.1) is 16.0 Å². The van der Waals surface area contributed by atoms with E-state index in [9.17, 15) is 0 Å². The number of nitrogens with two attached hydrogens (primary N) is 1. The average Bonchev–Trinajstić information content (AvgIpc) is 2.07. The predicted octanol–water partition coefficient (Wildman–Crippen LogP) is -0.164. The molecule has 1 saturated heterocycles. The molecule has 0 bridgehead atoms. The standard InChI is InChI=1S/C7H9N3O2/c8-6-1-2-9-7(10-6)12-5-3-11-4-5/h1-2,5H,3-4H2,(H2,8,9,10)/i1D,2D. The second kappa shape index (κ2) is 2.94. The molecule has 0 amide bonds. The summed E-state index contributed by atoms with van der Waals surface area (Å²) in [6.45, 7) is 0.998. The highest BCUT2D eigenvalue weighted by molar-refractivity contribution is 5.26. The van der Waals surface area contributed by atoms with E-state index in [1.165, 1.54) is 0 Å². The number of aromatic nitrogens is 2. The van der Waals surface area contributed by atoms with E-state index in [2.05, 4.69) is 9.97 Å². The third-order valence-electron chi connectivity index (χ3n) is 1.43. The van der Waals surface area contributed by atoms with Crippen LogP contribution in [0.4, 0.5) is 5.82 Å². The summed E-state index contributed by atoms with van der Waals surface area (Å²) in [5.41, 5.74) is 5.39. The highest BCUT2D eigenvalue weighted by Crippen LogP contribution is 2.10. The first-order valence-corrected chi connectivity index (χ1v) is 3.52. The van der Waals surface area contributed by atoms with Gasteiger partial charge in [0.2, 0.25) is 0 Å². The van der Waals surface area contributed by atoms with Crippen molar-refractivity contribution >= 4 is 5.82 Å². The quantitative estimate of drug-likeness (QED) is 0.666. The van der Waals surface area contributed by atoms with E-state index < -0.39 is 0 Å². The summed E-state index contributed by atoms with van der Waals surface area (Å²) in [7, 11) is 0. The van der Waals surface area contributed by atoms with E-state index in [0.29, 0.717) is 13.2 Å². The van der Waals surface area contributed by atoms with Crippen LogP contribution >= 0.6 is 0 Å². The summed E-state index contributed by atoms with van der Waals surface area (Å²) >= 11 is 0. The maximum absolute atomic E-state index is 7.29.